The van der Waals surface area contributed by atoms with Crippen LogP contribution in [0.5, 0.6) is 0 Å². The number of hydrogen-bond acceptors (Lipinski definition) is 4. The molecule has 0 fully saturated rings. The van der Waals surface area contributed by atoms with Crippen LogP contribution >= 0.6 is 0 Å². The van der Waals surface area contributed by atoms with Crippen molar-refractivity contribution in [3.05, 3.63) is 30.2 Å². The summed E-state index contributed by atoms with van der Waals surface area (Å²) in [6, 6.07) is 1.85. The van der Waals surface area contributed by atoms with Crippen LogP contribution < -0.4 is 0 Å². The number of aromatic amines is 1. The first kappa shape index (κ1) is 10.4. The van der Waals surface area contributed by atoms with Gasteiger partial charge >= 0.3 is 5.97 Å². The normalized spacial score (nSPS) is 11.1. The maximum absolute atomic E-state index is 10.9. The van der Waals surface area contributed by atoms with E-state index in [1.54, 1.807) is 24.5 Å². The lowest BCUT2D eigenvalue weighted by Gasteiger charge is -1.94. The first-order chi connectivity index (χ1) is 7.79. The van der Waals surface area contributed by atoms with Crippen molar-refractivity contribution < 1.29 is 9.53 Å². The molecular weight excluding hydrogens is 206 g/mol. The zero-order valence-electron chi connectivity index (χ0n) is 8.80. The highest BCUT2D eigenvalue weighted by atomic mass is 16.5. The Hall–Kier alpha value is -2.17. The molecule has 0 aliphatic carbocycles. The van der Waals surface area contributed by atoms with Crippen molar-refractivity contribution in [1.82, 2.24) is 15.0 Å². The highest BCUT2D eigenvalue weighted by molar-refractivity contribution is 5.73. The van der Waals surface area contributed by atoms with E-state index >= 15 is 0 Å². The van der Waals surface area contributed by atoms with Gasteiger partial charge < -0.3 is 9.72 Å². The molecule has 2 aromatic heterocycles. The second kappa shape index (κ2) is 4.57. The van der Waals surface area contributed by atoms with Gasteiger partial charge in [-0.3, -0.25) is 4.79 Å². The van der Waals surface area contributed by atoms with E-state index in [-0.39, 0.29) is 12.4 Å². The number of fused-ring (bicyclic) bond motifs is 1. The third-order valence-electron chi connectivity index (χ3n) is 2.08. The van der Waals surface area contributed by atoms with E-state index < -0.39 is 0 Å². The third kappa shape index (κ3) is 2.25. The minimum Gasteiger partial charge on any atom is -0.469 e. The van der Waals surface area contributed by atoms with E-state index in [2.05, 4.69) is 19.7 Å². The number of rotatable bonds is 3. The molecule has 0 amide bonds. The van der Waals surface area contributed by atoms with E-state index in [9.17, 15) is 4.79 Å². The second-order valence-electron chi connectivity index (χ2n) is 3.19. The molecule has 16 heavy (non-hydrogen) atoms. The number of nitrogens with one attached hydrogen (secondary N) is 1. The molecular formula is C11H11N3O2. The lowest BCUT2D eigenvalue weighted by Crippen LogP contribution is -1.96. The Morgan fingerprint density at radius 2 is 2.50 bits per heavy atom. The van der Waals surface area contributed by atoms with Crippen LogP contribution in [-0.4, -0.2) is 28.0 Å². The fourth-order valence-corrected chi connectivity index (χ4v) is 1.28. The van der Waals surface area contributed by atoms with Gasteiger partial charge in [-0.25, -0.2) is 9.97 Å². The molecule has 5 heteroatoms. The van der Waals surface area contributed by atoms with E-state index in [1.807, 2.05) is 6.07 Å². The Balaban J connectivity index is 2.11. The lowest BCUT2D eigenvalue weighted by molar-refractivity contribution is -0.139. The maximum Gasteiger partial charge on any atom is 0.309 e. The average molecular weight is 217 g/mol. The van der Waals surface area contributed by atoms with Crippen LogP contribution in [0.25, 0.3) is 17.2 Å². The summed E-state index contributed by atoms with van der Waals surface area (Å²) in [7, 11) is 1.36. The van der Waals surface area contributed by atoms with E-state index in [1.165, 1.54) is 7.11 Å². The molecule has 0 atom stereocenters. The monoisotopic (exact) mass is 217 g/mol. The summed E-state index contributed by atoms with van der Waals surface area (Å²) in [4.78, 5) is 22.3. The number of esters is 1. The highest BCUT2D eigenvalue weighted by Gasteiger charge is 1.98. The smallest absolute Gasteiger partial charge is 0.309 e. The van der Waals surface area contributed by atoms with Crippen LogP contribution in [0.3, 0.4) is 0 Å². The Morgan fingerprint density at radius 3 is 3.31 bits per heavy atom. The van der Waals surface area contributed by atoms with Crippen molar-refractivity contribution in [2.24, 2.45) is 0 Å². The molecule has 0 aromatic carbocycles. The first-order valence-electron chi connectivity index (χ1n) is 4.83. The number of H-pyrrole nitrogens is 1. The number of methoxy groups -OCH3 is 1. The summed E-state index contributed by atoms with van der Waals surface area (Å²) in [5.74, 6) is -0.271. The molecule has 0 spiro atoms. The molecule has 0 aliphatic rings. The van der Waals surface area contributed by atoms with Crippen molar-refractivity contribution in [1.29, 1.82) is 0 Å². The van der Waals surface area contributed by atoms with Gasteiger partial charge in [-0.1, -0.05) is 6.08 Å². The Bertz CT molecular complexity index is 531. The molecule has 2 aromatic rings. The van der Waals surface area contributed by atoms with Gasteiger partial charge in [0.05, 0.1) is 25.4 Å². The highest BCUT2D eigenvalue weighted by Crippen LogP contribution is 2.07. The van der Waals surface area contributed by atoms with Crippen LogP contribution in [0.2, 0.25) is 0 Å². The predicted molar refractivity (Wildman–Crippen MR) is 59.6 cm³/mol. The van der Waals surface area contributed by atoms with Crippen molar-refractivity contribution >= 4 is 23.2 Å². The predicted octanol–water partition coefficient (Wildman–Crippen LogP) is 1.53. The summed E-state index contributed by atoms with van der Waals surface area (Å²) in [5.41, 5.74) is 2.28. The molecule has 2 heterocycles. The minimum atomic E-state index is -0.271. The zero-order chi connectivity index (χ0) is 11.4. The largest absolute Gasteiger partial charge is 0.469 e. The first-order valence-corrected chi connectivity index (χ1v) is 4.83. The topological polar surface area (TPSA) is 67.9 Å². The van der Waals surface area contributed by atoms with Crippen molar-refractivity contribution in [3.63, 3.8) is 0 Å². The van der Waals surface area contributed by atoms with Gasteiger partial charge in [-0.15, -0.1) is 0 Å². The SMILES string of the molecule is COC(=O)CC=Cc1cnc2[nH]ccc2n1. The van der Waals surface area contributed by atoms with E-state index in [0.29, 0.717) is 0 Å². The summed E-state index contributed by atoms with van der Waals surface area (Å²) in [5, 5.41) is 0. The summed E-state index contributed by atoms with van der Waals surface area (Å²) < 4.78 is 4.51. The number of carbonyl (C=O) groups excluding carboxylic acids is 1. The molecule has 0 radical (unpaired) electrons. The van der Waals surface area contributed by atoms with Crippen molar-refractivity contribution in [2.45, 2.75) is 6.42 Å². The van der Waals surface area contributed by atoms with Crippen LogP contribution in [0.4, 0.5) is 0 Å². The Morgan fingerprint density at radius 1 is 1.62 bits per heavy atom. The fourth-order valence-electron chi connectivity index (χ4n) is 1.28. The second-order valence-corrected chi connectivity index (χ2v) is 3.19. The van der Waals surface area contributed by atoms with Gasteiger partial charge in [0.25, 0.3) is 0 Å². The summed E-state index contributed by atoms with van der Waals surface area (Å²) in [6.45, 7) is 0. The zero-order valence-corrected chi connectivity index (χ0v) is 8.80. The summed E-state index contributed by atoms with van der Waals surface area (Å²) in [6.07, 6.45) is 7.12. The number of carbonyl (C=O) groups is 1. The Kier molecular flexibility index (Phi) is 2.95. The van der Waals surface area contributed by atoms with Crippen LogP contribution in [0, 0.1) is 0 Å². The van der Waals surface area contributed by atoms with Gasteiger partial charge in [0, 0.05) is 6.20 Å². The molecule has 1 N–H and O–H groups in total. The number of ether oxygens (including phenoxy) is 1. The molecule has 0 aliphatic heterocycles. The third-order valence-corrected chi connectivity index (χ3v) is 2.08. The van der Waals surface area contributed by atoms with Gasteiger partial charge in [0.1, 0.15) is 5.52 Å². The van der Waals surface area contributed by atoms with Crippen molar-refractivity contribution in [2.75, 3.05) is 7.11 Å². The summed E-state index contributed by atoms with van der Waals surface area (Å²) >= 11 is 0. The number of hydrogen-bond donors (Lipinski definition) is 1. The molecule has 0 bridgehead atoms. The van der Waals surface area contributed by atoms with E-state index in [0.717, 1.165) is 16.9 Å². The average Bonchev–Trinajstić information content (AvgIpc) is 2.76. The molecule has 0 saturated carbocycles. The van der Waals surface area contributed by atoms with Gasteiger partial charge in [-0.05, 0) is 12.1 Å². The fraction of sp³-hybridized carbons (Fsp3) is 0.182. The van der Waals surface area contributed by atoms with Gasteiger partial charge in [0.2, 0.25) is 0 Å². The molecule has 82 valence electrons. The van der Waals surface area contributed by atoms with Crippen LogP contribution in [0.1, 0.15) is 12.1 Å². The van der Waals surface area contributed by atoms with E-state index in [4.69, 9.17) is 0 Å². The number of aromatic nitrogens is 3. The molecule has 0 unspecified atom stereocenters. The lowest BCUT2D eigenvalue weighted by atomic mass is 10.3. The van der Waals surface area contributed by atoms with Crippen LogP contribution in [-0.2, 0) is 9.53 Å². The molecule has 2 rings (SSSR count). The minimum absolute atomic E-state index is 0.239. The van der Waals surface area contributed by atoms with Gasteiger partial charge in [0.15, 0.2) is 5.65 Å². The van der Waals surface area contributed by atoms with Crippen molar-refractivity contribution in [3.8, 4) is 0 Å². The maximum atomic E-state index is 10.9. The Labute approximate surface area is 92.2 Å². The van der Waals surface area contributed by atoms with Gasteiger partial charge in [-0.2, -0.15) is 0 Å². The van der Waals surface area contributed by atoms with Crippen LogP contribution in [0.15, 0.2) is 24.5 Å². The quantitative estimate of drug-likeness (QED) is 0.792. The standard InChI is InChI=1S/C11H11N3O2/c1-16-10(15)4-2-3-8-7-13-11-9(14-8)5-6-12-11/h2-3,5-7H,4H2,1H3,(H,12,13). The molecule has 0 saturated heterocycles. The molecule has 5 nitrogen and oxygen atoms in total. The number of nitrogens with zero attached hydrogens (tertiary/aromatic N) is 2.